The van der Waals surface area contributed by atoms with Crippen molar-refractivity contribution in [3.05, 3.63) is 36.4 Å². The van der Waals surface area contributed by atoms with E-state index in [1.165, 1.54) is 56.9 Å². The van der Waals surface area contributed by atoms with Gasteiger partial charge in [0, 0.05) is 0 Å². The van der Waals surface area contributed by atoms with Crippen molar-refractivity contribution < 1.29 is 9.47 Å². The minimum atomic E-state index is 0.771. The van der Waals surface area contributed by atoms with Crippen LogP contribution in [0.5, 0.6) is 11.5 Å². The normalized spacial score (nSPS) is 10.5. The number of ether oxygens (including phenoxy) is 2. The topological polar surface area (TPSA) is 18.5 Å². The molecule has 0 atom stereocenters. The van der Waals surface area contributed by atoms with Gasteiger partial charge in [-0.25, -0.2) is 0 Å². The molecule has 0 saturated heterocycles. The third kappa shape index (κ3) is 8.68. The average molecular weight is 319 g/mol. The first-order chi connectivity index (χ1) is 11.3. The van der Waals surface area contributed by atoms with E-state index < -0.39 is 0 Å². The summed E-state index contributed by atoms with van der Waals surface area (Å²) in [6.07, 6.45) is 14.7. The van der Waals surface area contributed by atoms with Crippen molar-refractivity contribution in [1.29, 1.82) is 0 Å². The van der Waals surface area contributed by atoms with Crippen molar-refractivity contribution in [2.45, 2.75) is 71.1 Å². The third-order valence-electron chi connectivity index (χ3n) is 4.11. The zero-order valence-corrected chi connectivity index (χ0v) is 15.1. The molecular weight excluding hydrogens is 284 g/mol. The molecule has 0 unspecified atom stereocenters. The maximum absolute atomic E-state index is 5.87. The fourth-order valence-electron chi connectivity index (χ4n) is 2.72. The highest BCUT2D eigenvalue weighted by molar-refractivity contribution is 5.43. The predicted octanol–water partition coefficient (Wildman–Crippen LogP) is 6.33. The number of methoxy groups -OCH3 is 1. The van der Waals surface area contributed by atoms with Crippen molar-refractivity contribution in [1.82, 2.24) is 0 Å². The zero-order valence-electron chi connectivity index (χ0n) is 15.1. The van der Waals surface area contributed by atoms with Crippen molar-refractivity contribution in [3.8, 4) is 11.5 Å². The number of rotatable bonds is 14. The van der Waals surface area contributed by atoms with Crippen LogP contribution in [0.1, 0.15) is 70.3 Å². The molecule has 23 heavy (non-hydrogen) atoms. The van der Waals surface area contributed by atoms with Crippen molar-refractivity contribution >= 4 is 0 Å². The van der Waals surface area contributed by atoms with Crippen molar-refractivity contribution in [2.75, 3.05) is 13.7 Å². The first-order valence-corrected chi connectivity index (χ1v) is 9.22. The van der Waals surface area contributed by atoms with Crippen LogP contribution in [0.3, 0.4) is 0 Å². The van der Waals surface area contributed by atoms with Gasteiger partial charge in [0.15, 0.2) is 11.5 Å². The van der Waals surface area contributed by atoms with Crippen LogP contribution in [0.15, 0.2) is 30.9 Å². The van der Waals surface area contributed by atoms with Crippen LogP contribution in [0.25, 0.3) is 0 Å². The monoisotopic (exact) mass is 318 g/mol. The maximum Gasteiger partial charge on any atom is 0.161 e. The molecule has 0 spiro atoms. The molecule has 0 amide bonds. The standard InChI is InChI=1S/C21H34O2/c1-4-6-7-8-9-10-11-12-13-17-23-20-16-15-19(14-5-2)18-21(20)22-3/h5,15-16,18H,2,4,6-14,17H2,1,3H3. The van der Waals surface area contributed by atoms with Crippen LogP contribution in [-0.4, -0.2) is 13.7 Å². The number of benzene rings is 1. The minimum absolute atomic E-state index is 0.771. The van der Waals surface area contributed by atoms with E-state index in [2.05, 4.69) is 19.6 Å². The fraction of sp³-hybridized carbons (Fsp3) is 0.619. The number of hydrogen-bond acceptors (Lipinski definition) is 2. The molecule has 0 N–H and O–H groups in total. The van der Waals surface area contributed by atoms with Gasteiger partial charge in [-0.05, 0) is 30.5 Å². The van der Waals surface area contributed by atoms with Crippen LogP contribution in [0.2, 0.25) is 0 Å². The second-order valence-electron chi connectivity index (χ2n) is 6.15. The third-order valence-corrected chi connectivity index (χ3v) is 4.11. The Morgan fingerprint density at radius 3 is 2.17 bits per heavy atom. The molecule has 0 aromatic heterocycles. The molecule has 2 heteroatoms. The Morgan fingerprint density at radius 2 is 1.57 bits per heavy atom. The Hall–Kier alpha value is -1.44. The van der Waals surface area contributed by atoms with Gasteiger partial charge < -0.3 is 9.47 Å². The predicted molar refractivity (Wildman–Crippen MR) is 99.6 cm³/mol. The highest BCUT2D eigenvalue weighted by atomic mass is 16.5. The van der Waals surface area contributed by atoms with E-state index in [1.54, 1.807) is 7.11 Å². The maximum atomic E-state index is 5.87. The second kappa shape index (κ2) is 13.0. The molecule has 0 heterocycles. The average Bonchev–Trinajstić information content (AvgIpc) is 2.57. The molecule has 0 bridgehead atoms. The van der Waals surface area contributed by atoms with E-state index in [0.29, 0.717) is 0 Å². The second-order valence-corrected chi connectivity index (χ2v) is 6.15. The lowest BCUT2D eigenvalue weighted by molar-refractivity contribution is 0.284. The van der Waals surface area contributed by atoms with Crippen molar-refractivity contribution in [3.63, 3.8) is 0 Å². The Kier molecular flexibility index (Phi) is 11.1. The molecule has 1 rings (SSSR count). The van der Waals surface area contributed by atoms with Gasteiger partial charge in [-0.1, -0.05) is 70.4 Å². The van der Waals surface area contributed by atoms with E-state index >= 15 is 0 Å². The lowest BCUT2D eigenvalue weighted by Crippen LogP contribution is -2.00. The molecular formula is C21H34O2. The SMILES string of the molecule is C=CCc1ccc(OCCCCCCCCCCC)c(OC)c1. The van der Waals surface area contributed by atoms with E-state index in [-0.39, 0.29) is 0 Å². The first-order valence-electron chi connectivity index (χ1n) is 9.22. The highest BCUT2D eigenvalue weighted by Crippen LogP contribution is 2.28. The first kappa shape index (κ1) is 19.6. The molecule has 0 fully saturated rings. The summed E-state index contributed by atoms with van der Waals surface area (Å²) in [4.78, 5) is 0. The molecule has 1 aromatic rings. The van der Waals surface area contributed by atoms with Crippen molar-refractivity contribution in [2.24, 2.45) is 0 Å². The van der Waals surface area contributed by atoms with Crippen LogP contribution >= 0.6 is 0 Å². The van der Waals surface area contributed by atoms with E-state index in [0.717, 1.165) is 30.9 Å². The Bertz CT molecular complexity index is 426. The smallest absolute Gasteiger partial charge is 0.161 e. The molecule has 0 aliphatic heterocycles. The number of allylic oxidation sites excluding steroid dienone is 1. The van der Waals surface area contributed by atoms with Gasteiger partial charge in [-0.3, -0.25) is 0 Å². The Morgan fingerprint density at radius 1 is 0.913 bits per heavy atom. The summed E-state index contributed by atoms with van der Waals surface area (Å²) >= 11 is 0. The van der Waals surface area contributed by atoms with Gasteiger partial charge in [0.1, 0.15) is 0 Å². The summed E-state index contributed by atoms with van der Waals surface area (Å²) in [5, 5.41) is 0. The van der Waals surface area contributed by atoms with Gasteiger partial charge >= 0.3 is 0 Å². The van der Waals surface area contributed by atoms with Crippen LogP contribution in [-0.2, 0) is 6.42 Å². The largest absolute Gasteiger partial charge is 0.493 e. The zero-order chi connectivity index (χ0) is 16.8. The van der Waals surface area contributed by atoms with E-state index in [4.69, 9.17) is 9.47 Å². The molecule has 0 aliphatic carbocycles. The summed E-state index contributed by atoms with van der Waals surface area (Å²) < 4.78 is 11.3. The molecule has 1 aromatic carbocycles. The molecule has 130 valence electrons. The van der Waals surface area contributed by atoms with E-state index in [1.807, 2.05) is 18.2 Å². The summed E-state index contributed by atoms with van der Waals surface area (Å²) in [7, 11) is 1.69. The molecule has 0 saturated carbocycles. The van der Waals surface area contributed by atoms with Crippen LogP contribution in [0.4, 0.5) is 0 Å². The summed E-state index contributed by atoms with van der Waals surface area (Å²) in [5.41, 5.74) is 1.20. The molecule has 0 radical (unpaired) electrons. The van der Waals surface area contributed by atoms with Gasteiger partial charge in [-0.2, -0.15) is 0 Å². The number of unbranched alkanes of at least 4 members (excludes halogenated alkanes) is 8. The van der Waals surface area contributed by atoms with E-state index in [9.17, 15) is 0 Å². The summed E-state index contributed by atoms with van der Waals surface area (Å²) in [6, 6.07) is 6.12. The molecule has 2 nitrogen and oxygen atoms in total. The fourth-order valence-corrected chi connectivity index (χ4v) is 2.72. The number of hydrogen-bond donors (Lipinski definition) is 0. The van der Waals surface area contributed by atoms with Gasteiger partial charge in [-0.15, -0.1) is 6.58 Å². The van der Waals surface area contributed by atoms with Crippen LogP contribution < -0.4 is 9.47 Å². The quantitative estimate of drug-likeness (QED) is 0.294. The Labute approximate surface area is 142 Å². The summed E-state index contributed by atoms with van der Waals surface area (Å²) in [6.45, 7) is 6.80. The summed E-state index contributed by atoms with van der Waals surface area (Å²) in [5.74, 6) is 1.67. The lowest BCUT2D eigenvalue weighted by Gasteiger charge is -2.12. The van der Waals surface area contributed by atoms with Gasteiger partial charge in [0.05, 0.1) is 13.7 Å². The minimum Gasteiger partial charge on any atom is -0.493 e. The molecule has 0 aliphatic rings. The van der Waals surface area contributed by atoms with Crippen LogP contribution in [0, 0.1) is 0 Å². The highest BCUT2D eigenvalue weighted by Gasteiger charge is 2.05. The Balaban J connectivity index is 2.14. The lowest BCUT2D eigenvalue weighted by atomic mass is 10.1. The van der Waals surface area contributed by atoms with Gasteiger partial charge in [0.2, 0.25) is 0 Å². The van der Waals surface area contributed by atoms with Gasteiger partial charge in [0.25, 0.3) is 0 Å².